The van der Waals surface area contributed by atoms with Crippen LogP contribution in [-0.4, -0.2) is 9.78 Å². The van der Waals surface area contributed by atoms with Gasteiger partial charge >= 0.3 is 0 Å². The molecule has 90 valence electrons. The van der Waals surface area contributed by atoms with Gasteiger partial charge in [-0.05, 0) is 6.92 Å². The Morgan fingerprint density at radius 2 is 1.59 bits per heavy atom. The zero-order valence-electron chi connectivity index (χ0n) is 8.64. The molecule has 0 saturated heterocycles. The number of aryl methyl sites for hydroxylation is 1. The van der Waals surface area contributed by atoms with Crippen molar-refractivity contribution in [2.24, 2.45) is 0 Å². The fourth-order valence-corrected chi connectivity index (χ4v) is 1.47. The van der Waals surface area contributed by atoms with E-state index >= 15 is 0 Å². The molecular formula is C10H7F4N3. The molecule has 2 N–H and O–H groups in total. The molecule has 2 aromatic rings. The van der Waals surface area contributed by atoms with Gasteiger partial charge < -0.3 is 5.73 Å². The molecule has 0 saturated carbocycles. The third-order valence-electron chi connectivity index (χ3n) is 2.21. The Bertz CT molecular complexity index is 565. The molecule has 7 heteroatoms. The molecule has 0 aliphatic rings. The van der Waals surface area contributed by atoms with Crippen molar-refractivity contribution in [1.29, 1.82) is 0 Å². The molecule has 1 aromatic carbocycles. The lowest BCUT2D eigenvalue weighted by molar-refractivity contribution is 0.443. The quantitative estimate of drug-likeness (QED) is 0.619. The van der Waals surface area contributed by atoms with Crippen molar-refractivity contribution >= 4 is 5.82 Å². The SMILES string of the molecule is Cc1cc(N)nn1-c1c(F)c(F)cc(F)c1F. The fraction of sp³-hybridized carbons (Fsp3) is 0.100. The van der Waals surface area contributed by atoms with Crippen molar-refractivity contribution < 1.29 is 17.6 Å². The first kappa shape index (κ1) is 11.4. The third-order valence-corrected chi connectivity index (χ3v) is 2.21. The van der Waals surface area contributed by atoms with Crippen LogP contribution in [0.4, 0.5) is 23.4 Å². The number of nitrogen functional groups attached to an aromatic ring is 1. The first-order valence-corrected chi connectivity index (χ1v) is 4.57. The van der Waals surface area contributed by atoms with E-state index in [1.807, 2.05) is 0 Å². The van der Waals surface area contributed by atoms with Crippen molar-refractivity contribution in [3.8, 4) is 5.69 Å². The van der Waals surface area contributed by atoms with Gasteiger partial charge in [0.25, 0.3) is 0 Å². The van der Waals surface area contributed by atoms with E-state index in [-0.39, 0.29) is 17.6 Å². The van der Waals surface area contributed by atoms with Crippen molar-refractivity contribution in [3.05, 3.63) is 41.1 Å². The summed E-state index contributed by atoms with van der Waals surface area (Å²) in [5.74, 6) is -6.03. The fourth-order valence-electron chi connectivity index (χ4n) is 1.47. The van der Waals surface area contributed by atoms with Gasteiger partial charge in [-0.2, -0.15) is 5.10 Å². The minimum atomic E-state index is -1.52. The van der Waals surface area contributed by atoms with Gasteiger partial charge in [0.1, 0.15) is 11.5 Å². The summed E-state index contributed by atoms with van der Waals surface area (Å²) in [6.45, 7) is 1.45. The molecule has 0 spiro atoms. The molecular weight excluding hydrogens is 238 g/mol. The predicted molar refractivity (Wildman–Crippen MR) is 52.5 cm³/mol. The Balaban J connectivity index is 2.79. The molecule has 17 heavy (non-hydrogen) atoms. The number of aromatic nitrogens is 2. The van der Waals surface area contributed by atoms with Crippen LogP contribution in [0, 0.1) is 30.2 Å². The molecule has 0 unspecified atom stereocenters. The monoisotopic (exact) mass is 245 g/mol. The number of hydrogen-bond donors (Lipinski definition) is 1. The molecule has 0 aliphatic heterocycles. The molecule has 1 aromatic heterocycles. The van der Waals surface area contributed by atoms with Crippen LogP contribution in [-0.2, 0) is 0 Å². The Morgan fingerprint density at radius 1 is 1.06 bits per heavy atom. The van der Waals surface area contributed by atoms with E-state index in [1.165, 1.54) is 13.0 Å². The number of anilines is 1. The second-order valence-corrected chi connectivity index (χ2v) is 3.44. The summed E-state index contributed by atoms with van der Waals surface area (Å²) in [4.78, 5) is 0. The van der Waals surface area contributed by atoms with Crippen molar-refractivity contribution in [3.63, 3.8) is 0 Å². The summed E-state index contributed by atoms with van der Waals surface area (Å²) in [7, 11) is 0. The van der Waals surface area contributed by atoms with Crippen LogP contribution >= 0.6 is 0 Å². The van der Waals surface area contributed by atoms with Crippen LogP contribution in [0.2, 0.25) is 0 Å². The van der Waals surface area contributed by atoms with Gasteiger partial charge in [-0.3, -0.25) is 0 Å². The van der Waals surface area contributed by atoms with Crippen LogP contribution in [0.15, 0.2) is 12.1 Å². The second-order valence-electron chi connectivity index (χ2n) is 3.44. The van der Waals surface area contributed by atoms with E-state index in [0.29, 0.717) is 4.68 Å². The second kappa shape index (κ2) is 3.76. The Morgan fingerprint density at radius 3 is 2.00 bits per heavy atom. The number of hydrogen-bond acceptors (Lipinski definition) is 2. The van der Waals surface area contributed by atoms with E-state index in [0.717, 1.165) is 0 Å². The third kappa shape index (κ3) is 1.73. The largest absolute Gasteiger partial charge is 0.382 e. The first-order chi connectivity index (χ1) is 7.91. The van der Waals surface area contributed by atoms with Crippen LogP contribution in [0.1, 0.15) is 5.69 Å². The van der Waals surface area contributed by atoms with Gasteiger partial charge in [0.05, 0.1) is 0 Å². The summed E-state index contributed by atoms with van der Waals surface area (Å²) < 4.78 is 53.6. The van der Waals surface area contributed by atoms with E-state index in [9.17, 15) is 17.6 Å². The maximum atomic E-state index is 13.4. The molecule has 0 atom stereocenters. The highest BCUT2D eigenvalue weighted by molar-refractivity contribution is 5.41. The van der Waals surface area contributed by atoms with Gasteiger partial charge in [0, 0.05) is 17.8 Å². The molecule has 0 radical (unpaired) electrons. The zero-order valence-corrected chi connectivity index (χ0v) is 8.64. The molecule has 0 fully saturated rings. The number of rotatable bonds is 1. The van der Waals surface area contributed by atoms with Crippen molar-refractivity contribution in [1.82, 2.24) is 9.78 Å². The number of nitrogens with two attached hydrogens (primary N) is 1. The molecule has 0 amide bonds. The minimum Gasteiger partial charge on any atom is -0.382 e. The lowest BCUT2D eigenvalue weighted by atomic mass is 10.2. The highest BCUT2D eigenvalue weighted by Crippen LogP contribution is 2.24. The predicted octanol–water partition coefficient (Wildman–Crippen LogP) is 2.32. The molecule has 3 nitrogen and oxygen atoms in total. The minimum absolute atomic E-state index is 0.00836. The lowest BCUT2D eigenvalue weighted by Crippen LogP contribution is -2.09. The molecule has 0 bridgehead atoms. The molecule has 1 heterocycles. The Hall–Kier alpha value is -2.05. The molecule has 2 rings (SSSR count). The lowest BCUT2D eigenvalue weighted by Gasteiger charge is -2.08. The van der Waals surface area contributed by atoms with Gasteiger partial charge in [-0.15, -0.1) is 0 Å². The smallest absolute Gasteiger partial charge is 0.187 e. The van der Waals surface area contributed by atoms with Crippen LogP contribution in [0.25, 0.3) is 5.69 Å². The number of benzene rings is 1. The van der Waals surface area contributed by atoms with Gasteiger partial charge in [0.2, 0.25) is 0 Å². The van der Waals surface area contributed by atoms with E-state index in [4.69, 9.17) is 5.73 Å². The van der Waals surface area contributed by atoms with Crippen LogP contribution in [0.3, 0.4) is 0 Å². The summed E-state index contributed by atoms with van der Waals surface area (Å²) in [6, 6.07) is 1.46. The Labute approximate surface area is 93.5 Å². The van der Waals surface area contributed by atoms with Gasteiger partial charge in [-0.1, -0.05) is 0 Å². The van der Waals surface area contributed by atoms with Crippen LogP contribution in [0.5, 0.6) is 0 Å². The number of halogens is 4. The average Bonchev–Trinajstić information content (AvgIpc) is 2.56. The number of nitrogens with zero attached hydrogens (tertiary/aromatic N) is 2. The van der Waals surface area contributed by atoms with Gasteiger partial charge in [-0.25, -0.2) is 22.2 Å². The maximum absolute atomic E-state index is 13.4. The van der Waals surface area contributed by atoms with Crippen molar-refractivity contribution in [2.75, 3.05) is 5.73 Å². The average molecular weight is 245 g/mol. The van der Waals surface area contributed by atoms with E-state index < -0.39 is 29.0 Å². The van der Waals surface area contributed by atoms with Crippen molar-refractivity contribution in [2.45, 2.75) is 6.92 Å². The highest BCUT2D eigenvalue weighted by Gasteiger charge is 2.22. The van der Waals surface area contributed by atoms with E-state index in [2.05, 4.69) is 5.10 Å². The highest BCUT2D eigenvalue weighted by atomic mass is 19.2. The van der Waals surface area contributed by atoms with Gasteiger partial charge in [0.15, 0.2) is 23.3 Å². The Kier molecular flexibility index (Phi) is 2.53. The first-order valence-electron chi connectivity index (χ1n) is 4.57. The maximum Gasteiger partial charge on any atom is 0.187 e. The molecule has 0 aliphatic carbocycles. The summed E-state index contributed by atoms with van der Waals surface area (Å²) in [5, 5.41) is 3.57. The topological polar surface area (TPSA) is 43.8 Å². The van der Waals surface area contributed by atoms with E-state index in [1.54, 1.807) is 0 Å². The van der Waals surface area contributed by atoms with Crippen LogP contribution < -0.4 is 5.73 Å². The summed E-state index contributed by atoms with van der Waals surface area (Å²) in [5.41, 5.74) is 4.66. The summed E-state index contributed by atoms with van der Waals surface area (Å²) in [6.07, 6.45) is 0. The standard InChI is InChI=1S/C10H7F4N3/c1-4-2-7(15)16-17(4)10-8(13)5(11)3-6(12)9(10)14/h2-3H,1H3,(H2,15,16). The normalized spacial score (nSPS) is 10.9. The zero-order chi connectivity index (χ0) is 12.7. The summed E-state index contributed by atoms with van der Waals surface area (Å²) >= 11 is 0.